The van der Waals surface area contributed by atoms with Crippen LogP contribution in [-0.2, 0) is 0 Å². The minimum atomic E-state index is -0.695. The molecule has 2 aliphatic heterocycles. The number of likely N-dealkylation sites (tertiary alicyclic amines) is 2. The van der Waals surface area contributed by atoms with Crippen molar-refractivity contribution in [2.45, 2.75) is 37.8 Å². The van der Waals surface area contributed by atoms with Gasteiger partial charge in [-0.2, -0.15) is 5.26 Å². The van der Waals surface area contributed by atoms with Crippen LogP contribution in [0.4, 0.5) is 0 Å². The molecule has 2 rings (SSSR count). The molecule has 16 heavy (non-hydrogen) atoms. The third-order valence-corrected chi connectivity index (χ3v) is 3.71. The van der Waals surface area contributed by atoms with Crippen LogP contribution in [0.1, 0.15) is 26.2 Å². The maximum Gasteiger partial charge on any atom is 0.114 e. The monoisotopic (exact) mass is 222 g/mol. The van der Waals surface area contributed by atoms with Crippen molar-refractivity contribution < 1.29 is 0 Å². The molecule has 2 unspecified atom stereocenters. The first kappa shape index (κ1) is 11.8. The summed E-state index contributed by atoms with van der Waals surface area (Å²) in [5.74, 6) is 0. The SMILES string of the molecule is CC(N)(C#N)CN1CCC(N2CCCC2)C1. The topological polar surface area (TPSA) is 56.3 Å². The molecule has 0 aliphatic carbocycles. The Balaban J connectivity index is 1.81. The average Bonchev–Trinajstić information content (AvgIpc) is 2.86. The van der Waals surface area contributed by atoms with Gasteiger partial charge in [-0.25, -0.2) is 0 Å². The van der Waals surface area contributed by atoms with Crippen molar-refractivity contribution in [3.05, 3.63) is 0 Å². The first-order valence-corrected chi connectivity index (χ1v) is 6.27. The first-order chi connectivity index (χ1) is 7.61. The Morgan fingerprint density at radius 2 is 2.06 bits per heavy atom. The highest BCUT2D eigenvalue weighted by molar-refractivity contribution is 5.04. The van der Waals surface area contributed by atoms with Gasteiger partial charge in [0.05, 0.1) is 6.07 Å². The molecule has 0 bridgehead atoms. The van der Waals surface area contributed by atoms with E-state index in [0.717, 1.165) is 13.1 Å². The van der Waals surface area contributed by atoms with Gasteiger partial charge in [0.25, 0.3) is 0 Å². The molecule has 2 heterocycles. The summed E-state index contributed by atoms with van der Waals surface area (Å²) < 4.78 is 0. The smallest absolute Gasteiger partial charge is 0.114 e. The maximum absolute atomic E-state index is 8.92. The minimum Gasteiger partial charge on any atom is -0.313 e. The molecule has 2 atom stereocenters. The van der Waals surface area contributed by atoms with Crippen LogP contribution in [0.15, 0.2) is 0 Å². The van der Waals surface area contributed by atoms with Crippen LogP contribution in [0.5, 0.6) is 0 Å². The Hall–Kier alpha value is -0.630. The van der Waals surface area contributed by atoms with Crippen molar-refractivity contribution in [3.8, 4) is 6.07 Å². The third-order valence-electron chi connectivity index (χ3n) is 3.71. The second-order valence-electron chi connectivity index (χ2n) is 5.45. The lowest BCUT2D eigenvalue weighted by molar-refractivity contribution is 0.222. The number of nitrogens with zero attached hydrogens (tertiary/aromatic N) is 3. The summed E-state index contributed by atoms with van der Waals surface area (Å²) in [5, 5.41) is 8.92. The summed E-state index contributed by atoms with van der Waals surface area (Å²) in [7, 11) is 0. The molecule has 2 fully saturated rings. The lowest BCUT2D eigenvalue weighted by Crippen LogP contribution is -2.47. The Kier molecular flexibility index (Phi) is 3.48. The normalized spacial score (nSPS) is 31.4. The summed E-state index contributed by atoms with van der Waals surface area (Å²) in [6.45, 7) is 7.22. The van der Waals surface area contributed by atoms with Crippen molar-refractivity contribution in [1.29, 1.82) is 5.26 Å². The van der Waals surface area contributed by atoms with Gasteiger partial charge in [0, 0.05) is 19.1 Å². The maximum atomic E-state index is 8.92. The van der Waals surface area contributed by atoms with E-state index in [0.29, 0.717) is 12.6 Å². The molecule has 0 aromatic rings. The van der Waals surface area contributed by atoms with Gasteiger partial charge in [-0.05, 0) is 45.8 Å². The Bertz CT molecular complexity index is 275. The number of nitrogens with two attached hydrogens (primary N) is 1. The second kappa shape index (κ2) is 4.70. The van der Waals surface area contributed by atoms with Crippen molar-refractivity contribution >= 4 is 0 Å². The van der Waals surface area contributed by atoms with Crippen LogP contribution in [0.3, 0.4) is 0 Å². The van der Waals surface area contributed by atoms with E-state index in [4.69, 9.17) is 11.0 Å². The highest BCUT2D eigenvalue weighted by atomic mass is 15.3. The molecular formula is C12H22N4. The molecule has 2 saturated heterocycles. The van der Waals surface area contributed by atoms with E-state index in [1.54, 1.807) is 0 Å². The largest absolute Gasteiger partial charge is 0.313 e. The van der Waals surface area contributed by atoms with Crippen LogP contribution in [0.25, 0.3) is 0 Å². The van der Waals surface area contributed by atoms with Crippen LogP contribution in [0.2, 0.25) is 0 Å². The molecule has 2 aliphatic rings. The van der Waals surface area contributed by atoms with E-state index in [2.05, 4.69) is 15.9 Å². The number of hydrogen-bond acceptors (Lipinski definition) is 4. The zero-order chi connectivity index (χ0) is 11.6. The van der Waals surface area contributed by atoms with Gasteiger partial charge in [-0.15, -0.1) is 0 Å². The summed E-state index contributed by atoms with van der Waals surface area (Å²) in [6.07, 6.45) is 3.94. The molecule has 0 spiro atoms. The highest BCUT2D eigenvalue weighted by Gasteiger charge is 2.32. The lowest BCUT2D eigenvalue weighted by atomic mass is 10.1. The van der Waals surface area contributed by atoms with Crippen molar-refractivity contribution in [1.82, 2.24) is 9.80 Å². The van der Waals surface area contributed by atoms with E-state index < -0.39 is 5.54 Å². The summed E-state index contributed by atoms with van der Waals surface area (Å²) in [6, 6.07) is 2.88. The zero-order valence-corrected chi connectivity index (χ0v) is 10.2. The van der Waals surface area contributed by atoms with Gasteiger partial charge in [0.2, 0.25) is 0 Å². The first-order valence-electron chi connectivity index (χ1n) is 6.27. The predicted octanol–water partition coefficient (Wildman–Crippen LogP) is 0.397. The summed E-state index contributed by atoms with van der Waals surface area (Å²) >= 11 is 0. The van der Waals surface area contributed by atoms with Gasteiger partial charge in [0.15, 0.2) is 0 Å². The number of rotatable bonds is 3. The number of nitriles is 1. The van der Waals surface area contributed by atoms with Crippen LogP contribution in [0, 0.1) is 11.3 Å². The third kappa shape index (κ3) is 2.73. The van der Waals surface area contributed by atoms with Crippen LogP contribution >= 0.6 is 0 Å². The van der Waals surface area contributed by atoms with Crippen molar-refractivity contribution in [3.63, 3.8) is 0 Å². The Morgan fingerprint density at radius 1 is 1.38 bits per heavy atom. The fraction of sp³-hybridized carbons (Fsp3) is 0.917. The van der Waals surface area contributed by atoms with Crippen molar-refractivity contribution in [2.24, 2.45) is 5.73 Å². The van der Waals surface area contributed by atoms with Gasteiger partial charge in [-0.3, -0.25) is 9.80 Å². The Labute approximate surface area is 98.0 Å². The van der Waals surface area contributed by atoms with Crippen LogP contribution < -0.4 is 5.73 Å². The molecular weight excluding hydrogens is 200 g/mol. The van der Waals surface area contributed by atoms with E-state index in [-0.39, 0.29) is 0 Å². The summed E-state index contributed by atoms with van der Waals surface area (Å²) in [4.78, 5) is 4.94. The van der Waals surface area contributed by atoms with Gasteiger partial charge < -0.3 is 5.73 Å². The molecule has 4 heteroatoms. The average molecular weight is 222 g/mol. The predicted molar refractivity (Wildman–Crippen MR) is 63.9 cm³/mol. The zero-order valence-electron chi connectivity index (χ0n) is 10.2. The lowest BCUT2D eigenvalue weighted by Gasteiger charge is -2.26. The van der Waals surface area contributed by atoms with Gasteiger partial charge >= 0.3 is 0 Å². The van der Waals surface area contributed by atoms with E-state index in [1.165, 1.54) is 32.4 Å². The number of hydrogen-bond donors (Lipinski definition) is 1. The molecule has 0 aromatic carbocycles. The van der Waals surface area contributed by atoms with E-state index >= 15 is 0 Å². The van der Waals surface area contributed by atoms with Crippen molar-refractivity contribution in [2.75, 3.05) is 32.7 Å². The van der Waals surface area contributed by atoms with E-state index in [1.807, 2.05) is 6.92 Å². The second-order valence-corrected chi connectivity index (χ2v) is 5.45. The molecule has 90 valence electrons. The molecule has 0 radical (unpaired) electrons. The quantitative estimate of drug-likeness (QED) is 0.751. The fourth-order valence-corrected chi connectivity index (χ4v) is 2.86. The highest BCUT2D eigenvalue weighted by Crippen LogP contribution is 2.21. The molecule has 0 amide bonds. The fourth-order valence-electron chi connectivity index (χ4n) is 2.86. The Morgan fingerprint density at radius 3 is 2.69 bits per heavy atom. The molecule has 4 nitrogen and oxygen atoms in total. The van der Waals surface area contributed by atoms with E-state index in [9.17, 15) is 0 Å². The van der Waals surface area contributed by atoms with Crippen LogP contribution in [-0.4, -0.2) is 54.1 Å². The summed E-state index contributed by atoms with van der Waals surface area (Å²) in [5.41, 5.74) is 5.18. The minimum absolute atomic E-state index is 0.695. The molecule has 0 saturated carbocycles. The molecule has 0 aromatic heterocycles. The standard InChI is InChI=1S/C12H22N4/c1-12(14,9-13)10-15-7-4-11(8-15)16-5-2-3-6-16/h11H,2-8,10,14H2,1H3. The van der Waals surface area contributed by atoms with Gasteiger partial charge in [0.1, 0.15) is 5.54 Å². The molecule has 2 N–H and O–H groups in total. The van der Waals surface area contributed by atoms with Gasteiger partial charge in [-0.1, -0.05) is 0 Å².